The Morgan fingerprint density at radius 2 is 1.60 bits per heavy atom. The molecule has 0 saturated heterocycles. The van der Waals surface area contributed by atoms with E-state index in [1.807, 2.05) is 0 Å². The summed E-state index contributed by atoms with van der Waals surface area (Å²) in [6.45, 7) is 3.38. The lowest BCUT2D eigenvalue weighted by atomic mass is 10.2. The van der Waals surface area contributed by atoms with Gasteiger partial charge >= 0.3 is 0 Å². The molecule has 1 aromatic rings. The normalized spacial score (nSPS) is 11.3. The quantitative estimate of drug-likeness (QED) is 0.703. The van der Waals surface area contributed by atoms with Crippen molar-refractivity contribution in [3.05, 3.63) is 35.9 Å². The van der Waals surface area contributed by atoms with Crippen molar-refractivity contribution in [2.75, 3.05) is 34.2 Å². The highest BCUT2D eigenvalue weighted by Crippen LogP contribution is 2.02. The van der Waals surface area contributed by atoms with Gasteiger partial charge in [0.05, 0.1) is 0 Å². The largest absolute Gasteiger partial charge is 0.309 e. The minimum Gasteiger partial charge on any atom is -0.309 e. The lowest BCUT2D eigenvalue weighted by Gasteiger charge is -2.18. The van der Waals surface area contributed by atoms with Gasteiger partial charge in [-0.05, 0) is 46.2 Å². The van der Waals surface area contributed by atoms with Gasteiger partial charge in [-0.15, -0.1) is 0 Å². The molecular formula is C13H22N2. The lowest BCUT2D eigenvalue weighted by molar-refractivity contribution is 0.294. The van der Waals surface area contributed by atoms with Crippen molar-refractivity contribution in [2.24, 2.45) is 0 Å². The molecule has 0 aromatic heterocycles. The average Bonchev–Trinajstić information content (AvgIpc) is 2.18. The monoisotopic (exact) mass is 206 g/mol. The maximum atomic E-state index is 2.37. The molecule has 0 aliphatic carbocycles. The summed E-state index contributed by atoms with van der Waals surface area (Å²) in [6.07, 6.45) is 1.23. The molecule has 0 unspecified atom stereocenters. The van der Waals surface area contributed by atoms with E-state index < -0.39 is 0 Å². The summed E-state index contributed by atoms with van der Waals surface area (Å²) in [5.74, 6) is 0. The third-order valence-electron chi connectivity index (χ3n) is 2.44. The highest BCUT2D eigenvalue weighted by Gasteiger charge is 1.99. The van der Waals surface area contributed by atoms with Gasteiger partial charge in [0.1, 0.15) is 0 Å². The number of benzene rings is 1. The predicted molar refractivity (Wildman–Crippen MR) is 65.9 cm³/mol. The van der Waals surface area contributed by atoms with E-state index >= 15 is 0 Å². The average molecular weight is 206 g/mol. The molecule has 1 rings (SSSR count). The van der Waals surface area contributed by atoms with Crippen molar-refractivity contribution in [3.63, 3.8) is 0 Å². The van der Waals surface area contributed by atoms with Crippen LogP contribution in [-0.4, -0.2) is 44.0 Å². The van der Waals surface area contributed by atoms with Crippen LogP contribution in [0.3, 0.4) is 0 Å². The Morgan fingerprint density at radius 3 is 2.20 bits per heavy atom. The summed E-state index contributed by atoms with van der Waals surface area (Å²) < 4.78 is 0. The molecule has 0 aliphatic rings. The maximum Gasteiger partial charge on any atom is 0.0230 e. The first-order chi connectivity index (χ1) is 7.18. The van der Waals surface area contributed by atoms with Crippen LogP contribution in [0.1, 0.15) is 12.0 Å². The highest BCUT2D eigenvalue weighted by atomic mass is 15.1. The molecule has 0 aliphatic heterocycles. The van der Waals surface area contributed by atoms with Gasteiger partial charge in [-0.1, -0.05) is 30.3 Å². The van der Waals surface area contributed by atoms with E-state index in [1.165, 1.54) is 18.5 Å². The van der Waals surface area contributed by atoms with Crippen LogP contribution >= 0.6 is 0 Å². The zero-order valence-electron chi connectivity index (χ0n) is 10.1. The first-order valence-corrected chi connectivity index (χ1v) is 5.55. The van der Waals surface area contributed by atoms with Gasteiger partial charge in [0.25, 0.3) is 0 Å². The third-order valence-corrected chi connectivity index (χ3v) is 2.44. The molecule has 0 spiro atoms. The van der Waals surface area contributed by atoms with Crippen LogP contribution in [0.2, 0.25) is 0 Å². The Labute approximate surface area is 93.5 Å². The third kappa shape index (κ3) is 5.55. The molecule has 0 amide bonds. The number of hydrogen-bond donors (Lipinski definition) is 0. The molecular weight excluding hydrogens is 184 g/mol. The van der Waals surface area contributed by atoms with Gasteiger partial charge in [-0.25, -0.2) is 0 Å². The van der Waals surface area contributed by atoms with E-state index in [2.05, 4.69) is 61.3 Å². The second-order valence-electron chi connectivity index (χ2n) is 4.38. The number of hydrogen-bond acceptors (Lipinski definition) is 2. The van der Waals surface area contributed by atoms with Crippen LogP contribution in [0, 0.1) is 0 Å². The fourth-order valence-corrected chi connectivity index (χ4v) is 1.63. The Hall–Kier alpha value is -0.860. The molecule has 0 bridgehead atoms. The molecule has 0 N–H and O–H groups in total. The molecule has 0 heterocycles. The smallest absolute Gasteiger partial charge is 0.0230 e. The van der Waals surface area contributed by atoms with E-state index in [9.17, 15) is 0 Å². The van der Waals surface area contributed by atoms with E-state index in [0.717, 1.165) is 13.1 Å². The summed E-state index contributed by atoms with van der Waals surface area (Å²) in [4.78, 5) is 4.61. The molecule has 1 aromatic carbocycles. The molecule has 0 saturated carbocycles. The Kier molecular flexibility index (Phi) is 5.37. The molecule has 0 radical (unpaired) electrons. The minimum absolute atomic E-state index is 1.05. The van der Waals surface area contributed by atoms with Crippen molar-refractivity contribution < 1.29 is 0 Å². The van der Waals surface area contributed by atoms with Gasteiger partial charge in [0, 0.05) is 6.54 Å². The fourth-order valence-electron chi connectivity index (χ4n) is 1.63. The van der Waals surface area contributed by atoms with Crippen molar-refractivity contribution in [2.45, 2.75) is 13.0 Å². The van der Waals surface area contributed by atoms with Crippen molar-refractivity contribution in [1.29, 1.82) is 0 Å². The van der Waals surface area contributed by atoms with Crippen molar-refractivity contribution in [1.82, 2.24) is 9.80 Å². The summed E-state index contributed by atoms with van der Waals surface area (Å²) in [5.41, 5.74) is 1.39. The topological polar surface area (TPSA) is 6.48 Å². The Balaban J connectivity index is 2.21. The van der Waals surface area contributed by atoms with Crippen molar-refractivity contribution >= 4 is 0 Å². The van der Waals surface area contributed by atoms with Gasteiger partial charge in [-0.3, -0.25) is 0 Å². The first kappa shape index (κ1) is 12.2. The molecule has 0 atom stereocenters. The summed E-state index contributed by atoms with van der Waals surface area (Å²) in [5, 5.41) is 0. The van der Waals surface area contributed by atoms with Crippen LogP contribution < -0.4 is 0 Å². The first-order valence-electron chi connectivity index (χ1n) is 5.55. The Bertz CT molecular complexity index is 256. The van der Waals surface area contributed by atoms with Crippen LogP contribution in [0.15, 0.2) is 30.3 Å². The van der Waals surface area contributed by atoms with E-state index in [1.54, 1.807) is 0 Å². The summed E-state index contributed by atoms with van der Waals surface area (Å²) >= 11 is 0. The maximum absolute atomic E-state index is 2.37. The Morgan fingerprint density at radius 1 is 0.933 bits per heavy atom. The van der Waals surface area contributed by atoms with Crippen LogP contribution in [0.25, 0.3) is 0 Å². The van der Waals surface area contributed by atoms with E-state index in [0.29, 0.717) is 0 Å². The molecule has 15 heavy (non-hydrogen) atoms. The molecule has 2 nitrogen and oxygen atoms in total. The standard InChI is InChI=1S/C13H22N2/c1-14(2)10-7-11-15(3)12-13-8-5-4-6-9-13/h4-6,8-9H,7,10-12H2,1-3H3. The van der Waals surface area contributed by atoms with E-state index in [4.69, 9.17) is 0 Å². The van der Waals surface area contributed by atoms with Crippen molar-refractivity contribution in [3.8, 4) is 0 Å². The second-order valence-corrected chi connectivity index (χ2v) is 4.38. The van der Waals surface area contributed by atoms with Gasteiger partial charge in [-0.2, -0.15) is 0 Å². The zero-order valence-corrected chi connectivity index (χ0v) is 10.1. The molecule has 2 heteroatoms. The summed E-state index contributed by atoms with van der Waals surface area (Å²) in [7, 11) is 6.43. The van der Waals surface area contributed by atoms with Crippen LogP contribution in [0.4, 0.5) is 0 Å². The molecule has 84 valence electrons. The number of nitrogens with zero attached hydrogens (tertiary/aromatic N) is 2. The van der Waals surface area contributed by atoms with Gasteiger partial charge in [0.2, 0.25) is 0 Å². The SMILES string of the molecule is CN(C)CCCN(C)Cc1ccccc1. The predicted octanol–water partition coefficient (Wildman–Crippen LogP) is 2.07. The second kappa shape index (κ2) is 6.59. The van der Waals surface area contributed by atoms with Gasteiger partial charge in [0.15, 0.2) is 0 Å². The lowest BCUT2D eigenvalue weighted by Crippen LogP contribution is -2.23. The minimum atomic E-state index is 1.05. The van der Waals surface area contributed by atoms with Crippen LogP contribution in [-0.2, 0) is 6.54 Å². The van der Waals surface area contributed by atoms with Crippen LogP contribution in [0.5, 0.6) is 0 Å². The number of rotatable bonds is 6. The van der Waals surface area contributed by atoms with E-state index in [-0.39, 0.29) is 0 Å². The van der Waals surface area contributed by atoms with Gasteiger partial charge < -0.3 is 9.80 Å². The zero-order chi connectivity index (χ0) is 11.1. The highest BCUT2D eigenvalue weighted by molar-refractivity contribution is 5.14. The summed E-state index contributed by atoms with van der Waals surface area (Å²) in [6, 6.07) is 10.6. The molecule has 0 fully saturated rings. The fraction of sp³-hybridized carbons (Fsp3) is 0.538.